The summed E-state index contributed by atoms with van der Waals surface area (Å²) in [7, 11) is 1.58. The Morgan fingerprint density at radius 3 is 2.71 bits per heavy atom. The minimum Gasteiger partial charge on any atom is -0.479 e. The first-order valence-corrected chi connectivity index (χ1v) is 6.48. The third-order valence-electron chi connectivity index (χ3n) is 4.10. The van der Waals surface area contributed by atoms with Crippen LogP contribution >= 0.6 is 0 Å². The van der Waals surface area contributed by atoms with Crippen LogP contribution in [0.25, 0.3) is 0 Å². The van der Waals surface area contributed by atoms with Gasteiger partial charge in [-0.05, 0) is 25.2 Å². The average Bonchev–Trinajstić information content (AvgIpc) is 2.52. The smallest absolute Gasteiger partial charge is 0.329 e. The standard InChI is InChI=1S/C13H23NO3/c1-3-5-11-6-4-8-13(9-7-11,12(16)17)14(2)10-15/h10-11H,3-9H2,1-2H3,(H,16,17). The molecule has 0 spiro atoms. The Labute approximate surface area is 103 Å². The first kappa shape index (κ1) is 14.0. The first-order chi connectivity index (χ1) is 8.06. The van der Waals surface area contributed by atoms with E-state index in [1.54, 1.807) is 7.05 Å². The minimum absolute atomic E-state index is 0.581. The van der Waals surface area contributed by atoms with Crippen molar-refractivity contribution in [1.82, 2.24) is 4.90 Å². The summed E-state index contributed by atoms with van der Waals surface area (Å²) in [4.78, 5) is 23.7. The molecular formula is C13H23NO3. The van der Waals surface area contributed by atoms with Crippen LogP contribution < -0.4 is 0 Å². The van der Waals surface area contributed by atoms with Crippen molar-refractivity contribution < 1.29 is 14.7 Å². The molecule has 1 aliphatic rings. The van der Waals surface area contributed by atoms with E-state index in [1.165, 1.54) is 11.3 Å². The zero-order chi connectivity index (χ0) is 12.9. The fourth-order valence-electron chi connectivity index (χ4n) is 2.91. The number of carboxylic acid groups (broad SMARTS) is 1. The molecule has 0 aromatic heterocycles. The van der Waals surface area contributed by atoms with Crippen LogP contribution in [0.3, 0.4) is 0 Å². The number of aliphatic carboxylic acids is 1. The van der Waals surface area contributed by atoms with Gasteiger partial charge in [0, 0.05) is 7.05 Å². The largest absolute Gasteiger partial charge is 0.479 e. The SMILES string of the molecule is CCCC1CCCC(C(=O)O)(N(C)C=O)CC1. The summed E-state index contributed by atoms with van der Waals surface area (Å²) in [5.74, 6) is -0.231. The highest BCUT2D eigenvalue weighted by Gasteiger charge is 2.43. The molecule has 1 rings (SSSR count). The molecule has 0 aromatic carbocycles. The summed E-state index contributed by atoms with van der Waals surface area (Å²) in [5, 5.41) is 9.43. The van der Waals surface area contributed by atoms with Crippen LogP contribution in [0.15, 0.2) is 0 Å². The van der Waals surface area contributed by atoms with Gasteiger partial charge in [-0.2, -0.15) is 0 Å². The lowest BCUT2D eigenvalue weighted by molar-refractivity contribution is -0.155. The van der Waals surface area contributed by atoms with Crippen molar-refractivity contribution in [3.63, 3.8) is 0 Å². The molecule has 4 nitrogen and oxygen atoms in total. The third kappa shape index (κ3) is 2.99. The highest BCUT2D eigenvalue weighted by Crippen LogP contribution is 2.35. The van der Waals surface area contributed by atoms with E-state index in [2.05, 4.69) is 6.92 Å². The van der Waals surface area contributed by atoms with Gasteiger partial charge >= 0.3 is 5.97 Å². The van der Waals surface area contributed by atoms with Gasteiger partial charge < -0.3 is 10.0 Å². The topological polar surface area (TPSA) is 57.6 Å². The number of carboxylic acids is 1. The van der Waals surface area contributed by atoms with Crippen molar-refractivity contribution in [2.24, 2.45) is 5.92 Å². The Morgan fingerprint density at radius 2 is 2.18 bits per heavy atom. The number of rotatable bonds is 5. The van der Waals surface area contributed by atoms with E-state index in [-0.39, 0.29) is 0 Å². The molecule has 1 saturated carbocycles. The number of hydrogen-bond acceptors (Lipinski definition) is 2. The maximum absolute atomic E-state index is 11.5. The molecule has 0 aromatic rings. The predicted molar refractivity (Wildman–Crippen MR) is 65.7 cm³/mol. The van der Waals surface area contributed by atoms with Crippen LogP contribution in [0, 0.1) is 5.92 Å². The van der Waals surface area contributed by atoms with Crippen molar-refractivity contribution >= 4 is 12.4 Å². The summed E-state index contributed by atoms with van der Waals surface area (Å²) < 4.78 is 0. The van der Waals surface area contributed by atoms with Gasteiger partial charge in [0.1, 0.15) is 5.54 Å². The number of carbonyl (C=O) groups is 2. The molecule has 1 amide bonds. The third-order valence-corrected chi connectivity index (χ3v) is 4.10. The molecule has 17 heavy (non-hydrogen) atoms. The fraction of sp³-hybridized carbons (Fsp3) is 0.846. The van der Waals surface area contributed by atoms with Gasteiger partial charge in [0.25, 0.3) is 0 Å². The highest BCUT2D eigenvalue weighted by atomic mass is 16.4. The molecule has 4 heteroatoms. The van der Waals surface area contributed by atoms with Crippen molar-refractivity contribution in [1.29, 1.82) is 0 Å². The highest BCUT2D eigenvalue weighted by molar-refractivity contribution is 5.81. The van der Waals surface area contributed by atoms with E-state index in [9.17, 15) is 14.7 Å². The number of amides is 1. The molecule has 0 aliphatic heterocycles. The summed E-state index contributed by atoms with van der Waals surface area (Å²) >= 11 is 0. The molecule has 0 radical (unpaired) electrons. The summed E-state index contributed by atoms with van der Waals surface area (Å²) in [5.41, 5.74) is -0.968. The van der Waals surface area contributed by atoms with Crippen LogP contribution in [0.1, 0.15) is 51.9 Å². The van der Waals surface area contributed by atoms with Crippen LogP contribution in [-0.4, -0.2) is 35.0 Å². The Kier molecular flexibility index (Phi) is 4.97. The Morgan fingerprint density at radius 1 is 1.47 bits per heavy atom. The van der Waals surface area contributed by atoms with E-state index < -0.39 is 11.5 Å². The second kappa shape index (κ2) is 6.03. The average molecular weight is 241 g/mol. The van der Waals surface area contributed by atoms with Crippen molar-refractivity contribution in [3.05, 3.63) is 0 Å². The maximum Gasteiger partial charge on any atom is 0.329 e. The second-order valence-corrected chi connectivity index (χ2v) is 5.14. The van der Waals surface area contributed by atoms with Crippen LogP contribution in [0.2, 0.25) is 0 Å². The number of hydrogen-bond donors (Lipinski definition) is 1. The van der Waals surface area contributed by atoms with E-state index in [4.69, 9.17) is 0 Å². The van der Waals surface area contributed by atoms with E-state index in [1.807, 2.05) is 0 Å². The number of carbonyl (C=O) groups excluding carboxylic acids is 1. The maximum atomic E-state index is 11.5. The molecule has 1 N–H and O–H groups in total. The lowest BCUT2D eigenvalue weighted by Gasteiger charge is -2.35. The Hall–Kier alpha value is -1.06. The van der Waals surface area contributed by atoms with Gasteiger partial charge in [-0.15, -0.1) is 0 Å². The van der Waals surface area contributed by atoms with Crippen molar-refractivity contribution in [2.45, 2.75) is 57.4 Å². The molecule has 0 saturated heterocycles. The molecular weight excluding hydrogens is 218 g/mol. The minimum atomic E-state index is -0.968. The number of nitrogens with zero attached hydrogens (tertiary/aromatic N) is 1. The Bertz CT molecular complexity index is 280. The normalized spacial score (nSPS) is 29.4. The zero-order valence-electron chi connectivity index (χ0n) is 10.8. The van der Waals surface area contributed by atoms with E-state index >= 15 is 0 Å². The molecule has 98 valence electrons. The summed E-state index contributed by atoms with van der Waals surface area (Å²) in [6.45, 7) is 2.16. The van der Waals surface area contributed by atoms with Crippen LogP contribution in [0.5, 0.6) is 0 Å². The summed E-state index contributed by atoms with van der Waals surface area (Å²) in [6.07, 6.45) is 7.03. The lowest BCUT2D eigenvalue weighted by atomic mass is 9.88. The van der Waals surface area contributed by atoms with Crippen molar-refractivity contribution in [3.8, 4) is 0 Å². The molecule has 0 heterocycles. The van der Waals surface area contributed by atoms with Gasteiger partial charge in [-0.3, -0.25) is 4.79 Å². The second-order valence-electron chi connectivity index (χ2n) is 5.14. The number of likely N-dealkylation sites (N-methyl/N-ethyl adjacent to an activating group) is 1. The quantitative estimate of drug-likeness (QED) is 0.593. The monoisotopic (exact) mass is 241 g/mol. The predicted octanol–water partition coefficient (Wildman–Crippen LogP) is 2.28. The Balaban J connectivity index is 2.79. The van der Waals surface area contributed by atoms with Crippen LogP contribution in [0.4, 0.5) is 0 Å². The first-order valence-electron chi connectivity index (χ1n) is 6.48. The van der Waals surface area contributed by atoms with Gasteiger partial charge in [0.15, 0.2) is 0 Å². The molecule has 1 fully saturated rings. The van der Waals surface area contributed by atoms with E-state index in [0.29, 0.717) is 25.2 Å². The van der Waals surface area contributed by atoms with Gasteiger partial charge in [-0.25, -0.2) is 4.79 Å². The lowest BCUT2D eigenvalue weighted by Crippen LogP contribution is -2.52. The fourth-order valence-corrected chi connectivity index (χ4v) is 2.91. The van der Waals surface area contributed by atoms with Gasteiger partial charge in [0.05, 0.1) is 0 Å². The van der Waals surface area contributed by atoms with E-state index in [0.717, 1.165) is 25.7 Å². The summed E-state index contributed by atoms with van der Waals surface area (Å²) in [6, 6.07) is 0. The molecule has 2 atom stereocenters. The molecule has 0 bridgehead atoms. The van der Waals surface area contributed by atoms with Crippen molar-refractivity contribution in [2.75, 3.05) is 7.05 Å². The molecule has 2 unspecified atom stereocenters. The van der Waals surface area contributed by atoms with Crippen LogP contribution in [-0.2, 0) is 9.59 Å². The van der Waals surface area contributed by atoms with Gasteiger partial charge in [-0.1, -0.05) is 32.6 Å². The van der Waals surface area contributed by atoms with Gasteiger partial charge in [0.2, 0.25) is 6.41 Å². The zero-order valence-corrected chi connectivity index (χ0v) is 10.8. The molecule has 1 aliphatic carbocycles.